The first-order chi connectivity index (χ1) is 7.15. The van der Waals surface area contributed by atoms with E-state index in [1.165, 1.54) is 0 Å². The fourth-order valence-electron chi connectivity index (χ4n) is 1.19. The van der Waals surface area contributed by atoms with Gasteiger partial charge in [-0.25, -0.2) is 0 Å². The molecule has 16 heavy (non-hydrogen) atoms. The van der Waals surface area contributed by atoms with Crippen LogP contribution in [0.5, 0.6) is 0 Å². The van der Waals surface area contributed by atoms with E-state index >= 15 is 0 Å². The fraction of sp³-hybridized carbons (Fsp3) is 0.846. The molecular weight excluding hydrogens is 250 g/mol. The van der Waals surface area contributed by atoms with Gasteiger partial charge < -0.3 is 23.6 Å². The van der Waals surface area contributed by atoms with Crippen LogP contribution >= 0.6 is 0 Å². The molecule has 2 nitrogen and oxygen atoms in total. The molecule has 0 fully saturated rings. The van der Waals surface area contributed by atoms with Crippen molar-refractivity contribution in [2.45, 2.75) is 33.6 Å². The second kappa shape index (κ2) is 17.9. The first kappa shape index (κ1) is 21.8. The minimum Gasteiger partial charge on any atom is -0.342 e. The van der Waals surface area contributed by atoms with Gasteiger partial charge in [-0.05, 0) is 39.8 Å². The van der Waals surface area contributed by atoms with Gasteiger partial charge in [-0.3, -0.25) is 0 Å². The molecule has 0 aromatic rings. The van der Waals surface area contributed by atoms with Gasteiger partial charge in [-0.15, -0.1) is 0 Å². The molecule has 0 aliphatic heterocycles. The zero-order chi connectivity index (χ0) is 12.1. The summed E-state index contributed by atoms with van der Waals surface area (Å²) in [4.78, 5) is 4.61. The van der Waals surface area contributed by atoms with Crippen molar-refractivity contribution in [2.75, 3.05) is 39.8 Å². The van der Waals surface area contributed by atoms with Crippen molar-refractivity contribution in [3.05, 3.63) is 13.8 Å². The van der Waals surface area contributed by atoms with E-state index in [-0.39, 0.29) is 19.5 Å². The van der Waals surface area contributed by atoms with Crippen molar-refractivity contribution in [3.63, 3.8) is 0 Å². The topological polar surface area (TPSA) is 6.48 Å². The molecular formula is C13H30N2Zn. The zero-order valence-corrected chi connectivity index (χ0v) is 14.9. The standard InChI is InChI=1S/C7H16N.C6H14N.Zn/c1-4-7-8(5-2)6-3;1-4-6-7(3)5-2;/h1,4-7H2,2-3H3;1,4-6H2,2-3H3;/q2*-1;+2. The predicted molar refractivity (Wildman–Crippen MR) is 70.9 cm³/mol. The molecule has 0 amide bonds. The van der Waals surface area contributed by atoms with Gasteiger partial charge in [0, 0.05) is 0 Å². The Kier molecular flexibility index (Phi) is 24.4. The summed E-state index contributed by atoms with van der Waals surface area (Å²) in [5.41, 5.74) is 0. The Morgan fingerprint density at radius 2 is 1.25 bits per heavy atom. The number of hydrogen-bond donors (Lipinski definition) is 0. The molecule has 0 saturated carbocycles. The van der Waals surface area contributed by atoms with Crippen LogP contribution in [-0.4, -0.2) is 49.6 Å². The second-order valence-corrected chi connectivity index (χ2v) is 3.63. The molecule has 0 rings (SSSR count). The van der Waals surface area contributed by atoms with Crippen molar-refractivity contribution in [2.24, 2.45) is 0 Å². The Morgan fingerprint density at radius 3 is 1.38 bits per heavy atom. The third-order valence-corrected chi connectivity index (χ3v) is 2.45. The van der Waals surface area contributed by atoms with E-state index in [0.29, 0.717) is 0 Å². The van der Waals surface area contributed by atoms with Gasteiger partial charge >= 0.3 is 19.5 Å². The van der Waals surface area contributed by atoms with Crippen molar-refractivity contribution in [3.8, 4) is 0 Å². The van der Waals surface area contributed by atoms with Crippen LogP contribution in [0.4, 0.5) is 0 Å². The molecule has 0 aromatic carbocycles. The van der Waals surface area contributed by atoms with E-state index in [0.717, 1.165) is 45.6 Å². The number of hydrogen-bond acceptors (Lipinski definition) is 2. The molecule has 0 radical (unpaired) electrons. The summed E-state index contributed by atoms with van der Waals surface area (Å²) in [5, 5.41) is 0. The molecule has 0 bridgehead atoms. The van der Waals surface area contributed by atoms with Crippen molar-refractivity contribution in [1.82, 2.24) is 9.80 Å². The first-order valence-corrected chi connectivity index (χ1v) is 6.15. The van der Waals surface area contributed by atoms with Crippen LogP contribution in [-0.2, 0) is 19.5 Å². The van der Waals surface area contributed by atoms with Crippen molar-refractivity contribution < 1.29 is 19.5 Å². The van der Waals surface area contributed by atoms with Gasteiger partial charge in [0.05, 0.1) is 0 Å². The first-order valence-electron chi connectivity index (χ1n) is 6.15. The molecule has 0 aromatic heterocycles. The van der Waals surface area contributed by atoms with E-state index in [2.05, 4.69) is 51.5 Å². The largest absolute Gasteiger partial charge is 2.00 e. The third kappa shape index (κ3) is 17.0. The van der Waals surface area contributed by atoms with Gasteiger partial charge in [0.1, 0.15) is 0 Å². The van der Waals surface area contributed by atoms with E-state index in [1.807, 2.05) is 0 Å². The monoisotopic (exact) mass is 278 g/mol. The average Bonchev–Trinajstić information content (AvgIpc) is 2.27. The van der Waals surface area contributed by atoms with Gasteiger partial charge in [-0.1, -0.05) is 20.8 Å². The van der Waals surface area contributed by atoms with E-state index < -0.39 is 0 Å². The van der Waals surface area contributed by atoms with Gasteiger partial charge in [0.2, 0.25) is 0 Å². The number of rotatable bonds is 7. The van der Waals surface area contributed by atoms with E-state index in [9.17, 15) is 0 Å². The average molecular weight is 280 g/mol. The molecule has 0 aliphatic carbocycles. The predicted octanol–water partition coefficient (Wildman–Crippen LogP) is 2.71. The van der Waals surface area contributed by atoms with Crippen LogP contribution in [0.3, 0.4) is 0 Å². The SMILES string of the molecule is [CH2-]CCN(C)CC.[CH2-]CCN(CC)CC.[Zn+2]. The Bertz CT molecular complexity index is 106. The quantitative estimate of drug-likeness (QED) is 0.522. The molecule has 0 heterocycles. The Labute approximate surface area is 117 Å². The maximum absolute atomic E-state index is 3.78. The summed E-state index contributed by atoms with van der Waals surface area (Å²) in [6.07, 6.45) is 2.05. The van der Waals surface area contributed by atoms with Gasteiger partial charge in [0.25, 0.3) is 0 Å². The Balaban J connectivity index is -0.000000200. The molecule has 0 aliphatic rings. The number of nitrogens with zero attached hydrogens (tertiary/aromatic N) is 2. The Morgan fingerprint density at radius 1 is 0.812 bits per heavy atom. The molecule has 94 valence electrons. The van der Waals surface area contributed by atoms with Crippen LogP contribution in [0.15, 0.2) is 0 Å². The maximum Gasteiger partial charge on any atom is 2.00 e. The summed E-state index contributed by atoms with van der Waals surface area (Å²) < 4.78 is 0. The summed E-state index contributed by atoms with van der Waals surface area (Å²) in [5.74, 6) is 0. The normalized spacial score (nSPS) is 9.75. The fourth-order valence-corrected chi connectivity index (χ4v) is 1.19. The Hall–Kier alpha value is 0.543. The molecule has 0 spiro atoms. The van der Waals surface area contributed by atoms with Gasteiger partial charge in [-0.2, -0.15) is 12.8 Å². The zero-order valence-electron chi connectivity index (χ0n) is 12.0. The van der Waals surface area contributed by atoms with E-state index in [4.69, 9.17) is 0 Å². The van der Waals surface area contributed by atoms with Crippen LogP contribution < -0.4 is 0 Å². The minimum atomic E-state index is 0. The van der Waals surface area contributed by atoms with Crippen molar-refractivity contribution >= 4 is 0 Å². The molecule has 0 saturated heterocycles. The molecule has 0 atom stereocenters. The minimum absolute atomic E-state index is 0. The van der Waals surface area contributed by atoms with Gasteiger partial charge in [0.15, 0.2) is 0 Å². The van der Waals surface area contributed by atoms with E-state index in [1.54, 1.807) is 0 Å². The second-order valence-electron chi connectivity index (χ2n) is 3.63. The van der Waals surface area contributed by atoms with Crippen LogP contribution in [0.25, 0.3) is 0 Å². The van der Waals surface area contributed by atoms with Crippen LogP contribution in [0.1, 0.15) is 33.6 Å². The summed E-state index contributed by atoms with van der Waals surface area (Å²) in [6, 6.07) is 0. The summed E-state index contributed by atoms with van der Waals surface area (Å²) in [7, 11) is 2.10. The van der Waals surface area contributed by atoms with Crippen LogP contribution in [0, 0.1) is 13.8 Å². The summed E-state index contributed by atoms with van der Waals surface area (Å²) in [6.45, 7) is 19.7. The molecule has 3 heteroatoms. The van der Waals surface area contributed by atoms with Crippen LogP contribution in [0.2, 0.25) is 0 Å². The maximum atomic E-state index is 3.78. The third-order valence-electron chi connectivity index (χ3n) is 2.45. The van der Waals surface area contributed by atoms with Crippen molar-refractivity contribution in [1.29, 1.82) is 0 Å². The summed E-state index contributed by atoms with van der Waals surface area (Å²) >= 11 is 0. The molecule has 0 unspecified atom stereocenters. The molecule has 0 N–H and O–H groups in total. The smallest absolute Gasteiger partial charge is 0.342 e.